The normalized spacial score (nSPS) is 10.8. The van der Waals surface area contributed by atoms with Gasteiger partial charge in [-0.15, -0.1) is 0 Å². The van der Waals surface area contributed by atoms with E-state index in [1.54, 1.807) is 48.5 Å². The molecule has 0 saturated carbocycles. The molecule has 3 aromatic carbocycles. The number of nitrogens with one attached hydrogen (secondary N) is 3. The molecule has 3 aromatic rings. The Balaban J connectivity index is 1.65. The number of nitro groups is 1. The molecule has 0 heterocycles. The number of sulfonamides is 1. The Morgan fingerprint density at radius 3 is 2.22 bits per heavy atom. The van der Waals surface area contributed by atoms with Gasteiger partial charge in [0.05, 0.1) is 16.4 Å². The van der Waals surface area contributed by atoms with Crippen LogP contribution in [0.15, 0.2) is 77.7 Å². The zero-order valence-corrected chi connectivity index (χ0v) is 18.6. The number of rotatable bonds is 8. The van der Waals surface area contributed by atoms with Crippen LogP contribution in [0.1, 0.15) is 6.92 Å². The lowest BCUT2D eigenvalue weighted by atomic mass is 10.3. The van der Waals surface area contributed by atoms with E-state index < -0.39 is 14.9 Å². The number of anilines is 3. The van der Waals surface area contributed by atoms with Crippen LogP contribution in [0.3, 0.4) is 0 Å². The Bertz CT molecular complexity index is 1210. The van der Waals surface area contributed by atoms with Gasteiger partial charge in [-0.2, -0.15) is 0 Å². The van der Waals surface area contributed by atoms with Crippen molar-refractivity contribution in [1.29, 1.82) is 0 Å². The van der Waals surface area contributed by atoms with Gasteiger partial charge in [0, 0.05) is 17.4 Å². The fraction of sp³-hybridized carbons (Fsp3) is 0.0952. The average Bonchev–Trinajstić information content (AvgIpc) is 2.75. The Kier molecular flexibility index (Phi) is 7.23. The van der Waals surface area contributed by atoms with E-state index in [4.69, 9.17) is 17.0 Å². The highest BCUT2D eigenvalue weighted by molar-refractivity contribution is 7.92. The fourth-order valence-corrected chi connectivity index (χ4v) is 4.03. The van der Waals surface area contributed by atoms with Crippen molar-refractivity contribution in [1.82, 2.24) is 0 Å². The van der Waals surface area contributed by atoms with E-state index in [1.807, 2.05) is 6.92 Å². The van der Waals surface area contributed by atoms with Crippen LogP contribution in [-0.4, -0.2) is 25.1 Å². The molecule has 9 nitrogen and oxygen atoms in total. The number of para-hydroxylation sites is 2. The number of thiocarbonyl (C=S) groups is 1. The molecule has 32 heavy (non-hydrogen) atoms. The molecule has 0 amide bonds. The van der Waals surface area contributed by atoms with Gasteiger partial charge >= 0.3 is 0 Å². The van der Waals surface area contributed by atoms with Gasteiger partial charge < -0.3 is 15.4 Å². The van der Waals surface area contributed by atoms with Crippen molar-refractivity contribution in [3.05, 3.63) is 82.9 Å². The Morgan fingerprint density at radius 1 is 0.969 bits per heavy atom. The second-order valence-corrected chi connectivity index (χ2v) is 8.53. The molecule has 0 unspecified atom stereocenters. The highest BCUT2D eigenvalue weighted by atomic mass is 32.2. The topological polar surface area (TPSA) is 123 Å². The summed E-state index contributed by atoms with van der Waals surface area (Å²) in [6, 6.07) is 18.6. The molecule has 0 bridgehead atoms. The highest BCUT2D eigenvalue weighted by Gasteiger charge is 2.15. The standard InChI is InChI=1S/C21H20N4O5S2/c1-2-30-17-11-7-16(8-12-17)24-32(28,29)18-13-9-15(10-14-18)22-21(31)23-19-5-3-4-6-20(19)25(26)27/h3-14,24H,2H2,1H3,(H2,22,23,31). The summed E-state index contributed by atoms with van der Waals surface area (Å²) in [5.74, 6) is 0.649. The third-order valence-electron chi connectivity index (χ3n) is 4.19. The molecule has 0 aliphatic rings. The minimum Gasteiger partial charge on any atom is -0.494 e. The second-order valence-electron chi connectivity index (χ2n) is 6.44. The second kappa shape index (κ2) is 10.1. The molecule has 0 aromatic heterocycles. The van der Waals surface area contributed by atoms with Crippen LogP contribution >= 0.6 is 12.2 Å². The van der Waals surface area contributed by atoms with Crippen molar-refractivity contribution in [3.8, 4) is 5.75 Å². The van der Waals surface area contributed by atoms with E-state index in [0.717, 1.165) is 0 Å². The molecule has 0 aliphatic heterocycles. The Labute approximate surface area is 190 Å². The first kappa shape index (κ1) is 23.0. The lowest BCUT2D eigenvalue weighted by Crippen LogP contribution is -2.20. The van der Waals surface area contributed by atoms with Crippen LogP contribution in [-0.2, 0) is 10.0 Å². The maximum absolute atomic E-state index is 12.6. The van der Waals surface area contributed by atoms with Crippen molar-refractivity contribution in [3.63, 3.8) is 0 Å². The summed E-state index contributed by atoms with van der Waals surface area (Å²) in [6.07, 6.45) is 0. The summed E-state index contributed by atoms with van der Waals surface area (Å²) in [7, 11) is -3.79. The van der Waals surface area contributed by atoms with Gasteiger partial charge in [0.1, 0.15) is 11.4 Å². The molecule has 11 heteroatoms. The lowest BCUT2D eigenvalue weighted by Gasteiger charge is -2.12. The van der Waals surface area contributed by atoms with Crippen LogP contribution < -0.4 is 20.1 Å². The van der Waals surface area contributed by atoms with E-state index in [0.29, 0.717) is 23.7 Å². The first-order chi connectivity index (χ1) is 15.3. The summed E-state index contributed by atoms with van der Waals surface area (Å²) in [5.41, 5.74) is 1.05. The lowest BCUT2D eigenvalue weighted by molar-refractivity contribution is -0.383. The van der Waals surface area contributed by atoms with Crippen LogP contribution in [0.5, 0.6) is 5.75 Å². The summed E-state index contributed by atoms with van der Waals surface area (Å²) >= 11 is 5.20. The number of hydrogen-bond donors (Lipinski definition) is 3. The van der Waals surface area contributed by atoms with Gasteiger partial charge in [0.25, 0.3) is 15.7 Å². The summed E-state index contributed by atoms with van der Waals surface area (Å²) in [4.78, 5) is 10.7. The van der Waals surface area contributed by atoms with E-state index >= 15 is 0 Å². The van der Waals surface area contributed by atoms with Gasteiger partial charge in [0.15, 0.2) is 5.11 Å². The summed E-state index contributed by atoms with van der Waals surface area (Å²) in [6.45, 7) is 2.38. The smallest absolute Gasteiger partial charge is 0.292 e. The van der Waals surface area contributed by atoms with Crippen molar-refractivity contribution in [2.24, 2.45) is 0 Å². The molecule has 3 N–H and O–H groups in total. The molecule has 0 saturated heterocycles. The van der Waals surface area contributed by atoms with E-state index in [1.165, 1.54) is 24.3 Å². The minimum absolute atomic E-state index is 0.0644. The van der Waals surface area contributed by atoms with Gasteiger partial charge in [0.2, 0.25) is 0 Å². The number of nitrogens with zero attached hydrogens (tertiary/aromatic N) is 1. The predicted octanol–water partition coefficient (Wildman–Crippen LogP) is 4.60. The molecule has 0 aliphatic carbocycles. The minimum atomic E-state index is -3.79. The Morgan fingerprint density at radius 2 is 1.59 bits per heavy atom. The largest absolute Gasteiger partial charge is 0.494 e. The van der Waals surface area contributed by atoms with Crippen molar-refractivity contribution in [2.45, 2.75) is 11.8 Å². The zero-order chi connectivity index (χ0) is 23.1. The quantitative estimate of drug-likeness (QED) is 0.247. The van der Waals surface area contributed by atoms with Gasteiger partial charge in [-0.25, -0.2) is 8.42 Å². The molecule has 0 spiro atoms. The van der Waals surface area contributed by atoms with E-state index in [2.05, 4.69) is 15.4 Å². The van der Waals surface area contributed by atoms with E-state index in [-0.39, 0.29) is 21.4 Å². The molecular formula is C21H20N4O5S2. The van der Waals surface area contributed by atoms with Gasteiger partial charge in [-0.05, 0) is 73.7 Å². The van der Waals surface area contributed by atoms with Crippen LogP contribution in [0, 0.1) is 10.1 Å². The number of benzene rings is 3. The van der Waals surface area contributed by atoms with Crippen LogP contribution in [0.25, 0.3) is 0 Å². The molecular weight excluding hydrogens is 452 g/mol. The SMILES string of the molecule is CCOc1ccc(NS(=O)(=O)c2ccc(NC(=S)Nc3ccccc3[N+](=O)[O-])cc2)cc1. The third-order valence-corrected chi connectivity index (χ3v) is 5.79. The summed E-state index contributed by atoms with van der Waals surface area (Å²) < 4.78 is 33.1. The maximum Gasteiger partial charge on any atom is 0.292 e. The molecule has 3 rings (SSSR count). The number of nitro benzene ring substituents is 1. The molecule has 166 valence electrons. The highest BCUT2D eigenvalue weighted by Crippen LogP contribution is 2.24. The zero-order valence-electron chi connectivity index (χ0n) is 16.9. The van der Waals surface area contributed by atoms with Gasteiger partial charge in [-0.3, -0.25) is 14.8 Å². The Hall–Kier alpha value is -3.70. The number of ether oxygens (including phenoxy) is 1. The predicted molar refractivity (Wildman–Crippen MR) is 128 cm³/mol. The molecule has 0 fully saturated rings. The third kappa shape index (κ3) is 5.93. The van der Waals surface area contributed by atoms with Crippen LogP contribution in [0.2, 0.25) is 0 Å². The average molecular weight is 473 g/mol. The molecule has 0 atom stereocenters. The molecule has 0 radical (unpaired) electrons. The van der Waals surface area contributed by atoms with Crippen molar-refractivity contribution < 1.29 is 18.1 Å². The monoisotopic (exact) mass is 472 g/mol. The van der Waals surface area contributed by atoms with E-state index in [9.17, 15) is 18.5 Å². The van der Waals surface area contributed by atoms with Crippen molar-refractivity contribution >= 4 is 50.1 Å². The van der Waals surface area contributed by atoms with Crippen molar-refractivity contribution in [2.75, 3.05) is 22.0 Å². The maximum atomic E-state index is 12.6. The van der Waals surface area contributed by atoms with Gasteiger partial charge in [-0.1, -0.05) is 12.1 Å². The number of hydrogen-bond acceptors (Lipinski definition) is 6. The first-order valence-electron chi connectivity index (χ1n) is 9.45. The summed E-state index contributed by atoms with van der Waals surface area (Å²) in [5, 5.41) is 16.9. The van der Waals surface area contributed by atoms with Crippen LogP contribution in [0.4, 0.5) is 22.7 Å². The fourth-order valence-electron chi connectivity index (χ4n) is 2.74. The first-order valence-corrected chi connectivity index (χ1v) is 11.3.